The molecule has 0 bridgehead atoms. The maximum atomic E-state index is 12.8. The molecule has 162 valence electrons. The van der Waals surface area contributed by atoms with Crippen LogP contribution in [0.25, 0.3) is 0 Å². The summed E-state index contributed by atoms with van der Waals surface area (Å²) in [6.45, 7) is 1.99. The number of hydrogen-bond donors (Lipinski definition) is 2. The quantitative estimate of drug-likeness (QED) is 0.633. The van der Waals surface area contributed by atoms with Crippen LogP contribution in [0.15, 0.2) is 28.2 Å². The van der Waals surface area contributed by atoms with Crippen LogP contribution in [0.4, 0.5) is 5.13 Å². The first-order valence-electron chi connectivity index (χ1n) is 10.3. The Morgan fingerprint density at radius 3 is 2.67 bits per heavy atom. The Hall–Kier alpha value is -2.68. The second-order valence-corrected chi connectivity index (χ2v) is 8.43. The highest BCUT2D eigenvalue weighted by atomic mass is 32.1. The summed E-state index contributed by atoms with van der Waals surface area (Å²) in [5.41, 5.74) is 0.833. The molecular weight excluding hydrogens is 404 g/mol. The van der Waals surface area contributed by atoms with Crippen LogP contribution in [-0.4, -0.2) is 40.2 Å². The lowest BCUT2D eigenvalue weighted by molar-refractivity contribution is -0.138. The zero-order chi connectivity index (χ0) is 21.3. The zero-order valence-corrected chi connectivity index (χ0v) is 18.0. The van der Waals surface area contributed by atoms with Crippen LogP contribution in [0.5, 0.6) is 0 Å². The molecule has 0 aromatic carbocycles. The van der Waals surface area contributed by atoms with E-state index in [1.54, 1.807) is 12.1 Å². The molecule has 2 aromatic heterocycles. The fourth-order valence-electron chi connectivity index (χ4n) is 3.49. The lowest BCUT2D eigenvalue weighted by Gasteiger charge is -2.26. The minimum atomic E-state index is -0.276. The molecule has 8 nitrogen and oxygen atoms in total. The molecule has 3 amide bonds. The smallest absolute Gasteiger partial charge is 0.239 e. The van der Waals surface area contributed by atoms with Gasteiger partial charge < -0.3 is 20.0 Å². The number of anilines is 1. The van der Waals surface area contributed by atoms with Crippen molar-refractivity contribution in [2.75, 3.05) is 11.9 Å². The Morgan fingerprint density at radius 1 is 1.20 bits per heavy atom. The predicted octanol–water partition coefficient (Wildman–Crippen LogP) is 3.24. The van der Waals surface area contributed by atoms with Crippen LogP contribution < -0.4 is 10.6 Å². The Morgan fingerprint density at radius 2 is 2.00 bits per heavy atom. The molecular formula is C21H28N4O4S. The maximum Gasteiger partial charge on any atom is 0.239 e. The average molecular weight is 433 g/mol. The number of hydrogen-bond acceptors (Lipinski definition) is 6. The predicted molar refractivity (Wildman–Crippen MR) is 114 cm³/mol. The highest BCUT2D eigenvalue weighted by Crippen LogP contribution is 2.18. The van der Waals surface area contributed by atoms with E-state index in [1.807, 2.05) is 12.3 Å². The second kappa shape index (κ2) is 10.9. The van der Waals surface area contributed by atoms with Gasteiger partial charge in [-0.3, -0.25) is 14.4 Å². The molecule has 2 heterocycles. The molecule has 1 saturated carbocycles. The first kappa shape index (κ1) is 22.0. The zero-order valence-electron chi connectivity index (χ0n) is 17.2. The van der Waals surface area contributed by atoms with E-state index >= 15 is 0 Å². The van der Waals surface area contributed by atoms with Crippen LogP contribution in [0, 0.1) is 6.92 Å². The minimum Gasteiger partial charge on any atom is -0.467 e. The molecule has 1 fully saturated rings. The standard InChI is InChI=1S/C21H28N4O4S/c1-15-14-30-21(22-15)24-18(26)9-10-20(28)25(12-17-8-5-11-29-17)13-19(27)23-16-6-3-2-4-7-16/h5,8,11,14,16H,2-4,6-7,9-10,12-13H2,1H3,(H,23,27)(H,22,24,26). The fourth-order valence-corrected chi connectivity index (χ4v) is 4.19. The molecule has 0 saturated heterocycles. The van der Waals surface area contributed by atoms with E-state index in [0.29, 0.717) is 10.9 Å². The first-order chi connectivity index (χ1) is 14.5. The molecule has 2 aromatic rings. The molecule has 2 N–H and O–H groups in total. The van der Waals surface area contributed by atoms with Crippen molar-refractivity contribution in [1.82, 2.24) is 15.2 Å². The topological polar surface area (TPSA) is 105 Å². The highest BCUT2D eigenvalue weighted by Gasteiger charge is 2.22. The maximum absolute atomic E-state index is 12.8. The number of thiazole rings is 1. The van der Waals surface area contributed by atoms with E-state index in [4.69, 9.17) is 4.42 Å². The Bertz CT molecular complexity index is 843. The van der Waals surface area contributed by atoms with Crippen LogP contribution in [-0.2, 0) is 20.9 Å². The van der Waals surface area contributed by atoms with Crippen LogP contribution >= 0.6 is 11.3 Å². The Labute approximate surface area is 180 Å². The summed E-state index contributed by atoms with van der Waals surface area (Å²) in [5, 5.41) is 8.09. The summed E-state index contributed by atoms with van der Waals surface area (Å²) in [6.07, 6.45) is 6.97. The van der Waals surface area contributed by atoms with E-state index in [0.717, 1.165) is 31.4 Å². The Kier molecular flexibility index (Phi) is 8.01. The number of rotatable bonds is 9. The van der Waals surface area contributed by atoms with E-state index in [-0.39, 0.29) is 49.7 Å². The number of nitrogens with zero attached hydrogens (tertiary/aromatic N) is 2. The summed E-state index contributed by atoms with van der Waals surface area (Å²) in [5.74, 6) is -0.126. The second-order valence-electron chi connectivity index (χ2n) is 7.57. The van der Waals surface area contributed by atoms with Crippen molar-refractivity contribution in [1.29, 1.82) is 0 Å². The van der Waals surface area contributed by atoms with Gasteiger partial charge in [0, 0.05) is 24.3 Å². The van der Waals surface area contributed by atoms with Gasteiger partial charge in [-0.2, -0.15) is 0 Å². The van der Waals surface area contributed by atoms with Crippen molar-refractivity contribution >= 4 is 34.2 Å². The molecule has 0 radical (unpaired) electrons. The van der Waals surface area contributed by atoms with Gasteiger partial charge in [0.25, 0.3) is 0 Å². The number of amides is 3. The number of carbonyl (C=O) groups is 3. The summed E-state index contributed by atoms with van der Waals surface area (Å²) >= 11 is 1.34. The molecule has 30 heavy (non-hydrogen) atoms. The van der Waals surface area contributed by atoms with Gasteiger partial charge in [0.15, 0.2) is 5.13 Å². The number of aryl methyl sites for hydroxylation is 1. The molecule has 0 aliphatic heterocycles. The minimum absolute atomic E-state index is 0.00755. The average Bonchev–Trinajstić information content (AvgIpc) is 3.38. The molecule has 1 aliphatic carbocycles. The van der Waals surface area contributed by atoms with Gasteiger partial charge in [0.05, 0.1) is 25.0 Å². The third kappa shape index (κ3) is 6.98. The van der Waals surface area contributed by atoms with Crippen molar-refractivity contribution in [3.05, 3.63) is 35.2 Å². The Balaban J connectivity index is 1.52. The summed E-state index contributed by atoms with van der Waals surface area (Å²) in [7, 11) is 0. The largest absolute Gasteiger partial charge is 0.467 e. The molecule has 9 heteroatoms. The summed E-state index contributed by atoms with van der Waals surface area (Å²) in [4.78, 5) is 43.0. The van der Waals surface area contributed by atoms with Crippen molar-refractivity contribution in [2.24, 2.45) is 0 Å². The van der Waals surface area contributed by atoms with Crippen molar-refractivity contribution in [2.45, 2.75) is 64.5 Å². The highest BCUT2D eigenvalue weighted by molar-refractivity contribution is 7.13. The summed E-state index contributed by atoms with van der Waals surface area (Å²) in [6, 6.07) is 3.68. The number of nitrogens with one attached hydrogen (secondary N) is 2. The third-order valence-corrected chi connectivity index (χ3v) is 5.89. The number of furan rings is 1. The molecule has 0 unspecified atom stereocenters. The van der Waals surface area contributed by atoms with Gasteiger partial charge in [-0.15, -0.1) is 11.3 Å². The van der Waals surface area contributed by atoms with Crippen LogP contribution in [0.2, 0.25) is 0 Å². The molecule has 0 atom stereocenters. The molecule has 0 spiro atoms. The van der Waals surface area contributed by atoms with Crippen LogP contribution in [0.3, 0.4) is 0 Å². The van der Waals surface area contributed by atoms with Crippen molar-refractivity contribution < 1.29 is 18.8 Å². The van der Waals surface area contributed by atoms with Gasteiger partial charge in [-0.25, -0.2) is 4.98 Å². The van der Waals surface area contributed by atoms with Gasteiger partial charge >= 0.3 is 0 Å². The van der Waals surface area contributed by atoms with Crippen LogP contribution in [0.1, 0.15) is 56.4 Å². The lowest BCUT2D eigenvalue weighted by Crippen LogP contribution is -2.44. The van der Waals surface area contributed by atoms with Crippen molar-refractivity contribution in [3.63, 3.8) is 0 Å². The lowest BCUT2D eigenvalue weighted by atomic mass is 9.95. The third-order valence-electron chi connectivity index (χ3n) is 5.02. The first-order valence-corrected chi connectivity index (χ1v) is 11.2. The SMILES string of the molecule is Cc1csc(NC(=O)CCC(=O)N(CC(=O)NC2CCCCC2)Cc2ccco2)n1. The van der Waals surface area contributed by atoms with Gasteiger partial charge in [-0.1, -0.05) is 19.3 Å². The van der Waals surface area contributed by atoms with Gasteiger partial charge in [-0.05, 0) is 31.9 Å². The monoisotopic (exact) mass is 432 g/mol. The van der Waals surface area contributed by atoms with E-state index in [2.05, 4.69) is 15.6 Å². The van der Waals surface area contributed by atoms with Gasteiger partial charge in [0.2, 0.25) is 17.7 Å². The summed E-state index contributed by atoms with van der Waals surface area (Å²) < 4.78 is 5.34. The normalized spacial score (nSPS) is 14.3. The molecule has 3 rings (SSSR count). The fraction of sp³-hybridized carbons (Fsp3) is 0.524. The molecule has 1 aliphatic rings. The van der Waals surface area contributed by atoms with Crippen molar-refractivity contribution in [3.8, 4) is 0 Å². The van der Waals surface area contributed by atoms with Gasteiger partial charge in [0.1, 0.15) is 5.76 Å². The number of carbonyl (C=O) groups excluding carboxylic acids is 3. The number of aromatic nitrogens is 1. The van der Waals surface area contributed by atoms with E-state index < -0.39 is 0 Å². The van der Waals surface area contributed by atoms with E-state index in [9.17, 15) is 14.4 Å². The van der Waals surface area contributed by atoms with E-state index in [1.165, 1.54) is 28.9 Å².